The summed E-state index contributed by atoms with van der Waals surface area (Å²) in [5.74, 6) is 0.723. The van der Waals surface area contributed by atoms with Gasteiger partial charge in [0.2, 0.25) is 5.91 Å². The van der Waals surface area contributed by atoms with Gasteiger partial charge in [0.05, 0.1) is 18.4 Å². The Labute approximate surface area is 251 Å². The Hall–Kier alpha value is -4.54. The van der Waals surface area contributed by atoms with Crippen LogP contribution in [0.4, 0.5) is 4.79 Å². The van der Waals surface area contributed by atoms with Crippen LogP contribution in [0.5, 0.6) is 0 Å². The van der Waals surface area contributed by atoms with E-state index < -0.39 is 6.09 Å². The summed E-state index contributed by atoms with van der Waals surface area (Å²) in [6, 6.07) is 8.04. The molecular formula is C32H38N8O3. The second-order valence-corrected chi connectivity index (χ2v) is 12.6. The number of rotatable bonds is 6. The Kier molecular flexibility index (Phi) is 7.72. The molecule has 6 rings (SSSR count). The number of carbonyl (C=O) groups is 2. The van der Waals surface area contributed by atoms with Crippen molar-refractivity contribution in [2.75, 3.05) is 19.6 Å². The number of carboxylic acid groups (broad SMARTS) is 1. The van der Waals surface area contributed by atoms with Gasteiger partial charge in [-0.1, -0.05) is 39.0 Å². The molecule has 0 spiro atoms. The molecule has 1 N–H and O–H groups in total. The molecule has 3 aromatic heterocycles. The normalized spacial score (nSPS) is 19.1. The van der Waals surface area contributed by atoms with Crippen molar-refractivity contribution in [3.8, 4) is 33.6 Å². The third-order valence-corrected chi connectivity index (χ3v) is 8.62. The number of likely N-dealkylation sites (tertiary alicyclic amines) is 2. The van der Waals surface area contributed by atoms with Gasteiger partial charge in [0.15, 0.2) is 5.82 Å². The lowest BCUT2D eigenvalue weighted by atomic mass is 9.79. The van der Waals surface area contributed by atoms with E-state index in [-0.39, 0.29) is 30.0 Å². The Morgan fingerprint density at radius 1 is 0.884 bits per heavy atom. The summed E-state index contributed by atoms with van der Waals surface area (Å²) in [5, 5.41) is 18.7. The maximum absolute atomic E-state index is 12.5. The molecule has 1 aromatic carbocycles. The third kappa shape index (κ3) is 6.16. The summed E-state index contributed by atoms with van der Waals surface area (Å²) in [6.07, 6.45) is 13.9. The maximum atomic E-state index is 12.5. The highest BCUT2D eigenvalue weighted by Gasteiger charge is 2.39. The zero-order valence-corrected chi connectivity index (χ0v) is 24.9. The molecule has 0 saturated carbocycles. The van der Waals surface area contributed by atoms with Crippen molar-refractivity contribution >= 4 is 12.0 Å². The number of carbonyl (C=O) groups excluding carboxylic acids is 1. The number of nitrogens with zero attached hydrogens (tertiary/aromatic N) is 8. The van der Waals surface area contributed by atoms with E-state index in [1.54, 1.807) is 15.8 Å². The fourth-order valence-electron chi connectivity index (χ4n) is 6.19. The molecule has 0 radical (unpaired) electrons. The summed E-state index contributed by atoms with van der Waals surface area (Å²) in [5.41, 5.74) is 4.42. The van der Waals surface area contributed by atoms with Gasteiger partial charge < -0.3 is 14.9 Å². The molecule has 2 fully saturated rings. The van der Waals surface area contributed by atoms with E-state index in [0.29, 0.717) is 12.4 Å². The molecule has 2 aliphatic heterocycles. The fourth-order valence-corrected chi connectivity index (χ4v) is 6.19. The molecule has 2 unspecified atom stereocenters. The monoisotopic (exact) mass is 582 g/mol. The minimum absolute atomic E-state index is 0.0819. The van der Waals surface area contributed by atoms with E-state index in [1.807, 2.05) is 64.8 Å². The highest BCUT2D eigenvalue weighted by atomic mass is 16.4. The van der Waals surface area contributed by atoms with Crippen molar-refractivity contribution in [3.63, 3.8) is 0 Å². The van der Waals surface area contributed by atoms with Crippen LogP contribution in [-0.2, 0) is 11.3 Å². The standard InChI is InChI=1S/C32H38N8O3/c1-32(2,3)28-14-27(9-12-39(28)31(42)43)40-20-26(18-36-40)24-15-33-30(34-16-24)23-8-6-7-22(13-23)25-17-35-38(19-25)21-29(41)37-10-4-5-11-37/h6-8,13,15-20,27-28H,4-5,9-12,14,21H2,1-3H3,(H,42,43). The average Bonchev–Trinajstić information content (AvgIpc) is 3.79. The largest absolute Gasteiger partial charge is 0.465 e. The molecule has 11 nitrogen and oxygen atoms in total. The number of hydrogen-bond donors (Lipinski definition) is 1. The molecule has 2 amide bonds. The first-order chi connectivity index (χ1) is 20.7. The molecule has 43 heavy (non-hydrogen) atoms. The Bertz CT molecular complexity index is 1600. The Balaban J connectivity index is 1.14. The SMILES string of the molecule is CC(C)(C)C1CC(n2cc(-c3cnc(-c4cccc(-c5cnn(CC(=O)N6CCCC6)c5)c4)nc3)cn2)CCN1C(=O)O. The lowest BCUT2D eigenvalue weighted by Crippen LogP contribution is -2.51. The molecule has 2 aliphatic rings. The Morgan fingerprint density at radius 2 is 1.58 bits per heavy atom. The van der Waals surface area contributed by atoms with Crippen LogP contribution in [0.25, 0.3) is 33.6 Å². The molecular weight excluding hydrogens is 544 g/mol. The van der Waals surface area contributed by atoms with Gasteiger partial charge in [-0.3, -0.25) is 14.2 Å². The zero-order chi connectivity index (χ0) is 30.1. The van der Waals surface area contributed by atoms with E-state index in [9.17, 15) is 14.7 Å². The second-order valence-electron chi connectivity index (χ2n) is 12.6. The van der Waals surface area contributed by atoms with Gasteiger partial charge in [-0.25, -0.2) is 14.8 Å². The molecule has 224 valence electrons. The minimum Gasteiger partial charge on any atom is -0.465 e. The van der Waals surface area contributed by atoms with E-state index >= 15 is 0 Å². The second kappa shape index (κ2) is 11.6. The molecule has 4 aromatic rings. The summed E-state index contributed by atoms with van der Waals surface area (Å²) in [7, 11) is 0. The molecule has 2 atom stereocenters. The van der Waals surface area contributed by atoms with E-state index in [2.05, 4.69) is 40.9 Å². The quantitative estimate of drug-likeness (QED) is 0.331. The first kappa shape index (κ1) is 28.6. The lowest BCUT2D eigenvalue weighted by Gasteiger charge is -2.44. The van der Waals surface area contributed by atoms with Crippen LogP contribution in [-0.4, -0.2) is 82.1 Å². The summed E-state index contributed by atoms with van der Waals surface area (Å²) in [4.78, 5) is 37.1. The number of aromatic nitrogens is 6. The highest BCUT2D eigenvalue weighted by molar-refractivity contribution is 5.76. The number of amides is 2. The smallest absolute Gasteiger partial charge is 0.407 e. The van der Waals surface area contributed by atoms with Gasteiger partial charge in [-0.05, 0) is 42.7 Å². The van der Waals surface area contributed by atoms with Gasteiger partial charge in [0.25, 0.3) is 0 Å². The zero-order valence-electron chi connectivity index (χ0n) is 24.9. The topological polar surface area (TPSA) is 122 Å². The summed E-state index contributed by atoms with van der Waals surface area (Å²) < 4.78 is 3.66. The predicted octanol–water partition coefficient (Wildman–Crippen LogP) is 5.22. The highest BCUT2D eigenvalue weighted by Crippen LogP contribution is 2.37. The predicted molar refractivity (Wildman–Crippen MR) is 162 cm³/mol. The van der Waals surface area contributed by atoms with E-state index in [1.165, 1.54) is 0 Å². The van der Waals surface area contributed by atoms with Crippen LogP contribution in [0, 0.1) is 5.41 Å². The Morgan fingerprint density at radius 3 is 2.30 bits per heavy atom. The summed E-state index contributed by atoms with van der Waals surface area (Å²) in [6.45, 7) is 8.68. The van der Waals surface area contributed by atoms with Crippen molar-refractivity contribution in [3.05, 3.63) is 61.4 Å². The van der Waals surface area contributed by atoms with E-state index in [4.69, 9.17) is 0 Å². The van der Waals surface area contributed by atoms with Crippen molar-refractivity contribution in [1.29, 1.82) is 0 Å². The third-order valence-electron chi connectivity index (χ3n) is 8.62. The number of hydrogen-bond acceptors (Lipinski definition) is 6. The molecule has 0 bridgehead atoms. The number of benzene rings is 1. The van der Waals surface area contributed by atoms with Crippen molar-refractivity contribution in [1.82, 2.24) is 39.3 Å². The lowest BCUT2D eigenvalue weighted by molar-refractivity contribution is -0.130. The van der Waals surface area contributed by atoms with Crippen LogP contribution < -0.4 is 0 Å². The van der Waals surface area contributed by atoms with Gasteiger partial charge in [0.1, 0.15) is 6.54 Å². The van der Waals surface area contributed by atoms with Gasteiger partial charge in [0, 0.05) is 72.7 Å². The van der Waals surface area contributed by atoms with Crippen molar-refractivity contribution in [2.24, 2.45) is 5.41 Å². The molecule has 2 saturated heterocycles. The number of piperidine rings is 1. The van der Waals surface area contributed by atoms with Crippen LogP contribution >= 0.6 is 0 Å². The first-order valence-corrected chi connectivity index (χ1v) is 14.9. The van der Waals surface area contributed by atoms with Crippen molar-refractivity contribution < 1.29 is 14.7 Å². The molecule has 5 heterocycles. The van der Waals surface area contributed by atoms with Crippen LogP contribution in [0.1, 0.15) is 52.5 Å². The fraction of sp³-hybridized carbons (Fsp3) is 0.438. The van der Waals surface area contributed by atoms with Crippen LogP contribution in [0.15, 0.2) is 61.4 Å². The van der Waals surface area contributed by atoms with Crippen LogP contribution in [0.2, 0.25) is 0 Å². The molecule has 11 heteroatoms. The average molecular weight is 583 g/mol. The first-order valence-electron chi connectivity index (χ1n) is 14.9. The van der Waals surface area contributed by atoms with Gasteiger partial charge in [-0.2, -0.15) is 10.2 Å². The van der Waals surface area contributed by atoms with E-state index in [0.717, 1.165) is 66.6 Å². The minimum atomic E-state index is -0.859. The van der Waals surface area contributed by atoms with Crippen LogP contribution in [0.3, 0.4) is 0 Å². The maximum Gasteiger partial charge on any atom is 0.407 e. The molecule has 0 aliphatic carbocycles. The summed E-state index contributed by atoms with van der Waals surface area (Å²) >= 11 is 0. The van der Waals surface area contributed by atoms with Gasteiger partial charge >= 0.3 is 6.09 Å². The van der Waals surface area contributed by atoms with Gasteiger partial charge in [-0.15, -0.1) is 0 Å². The van der Waals surface area contributed by atoms with Crippen molar-refractivity contribution in [2.45, 2.75) is 65.1 Å².